The van der Waals surface area contributed by atoms with Crippen molar-refractivity contribution in [2.24, 2.45) is 5.14 Å². The van der Waals surface area contributed by atoms with E-state index >= 15 is 0 Å². The van der Waals surface area contributed by atoms with Gasteiger partial charge >= 0.3 is 0 Å². The molecule has 1 aromatic heterocycles. The van der Waals surface area contributed by atoms with Crippen LogP contribution in [-0.2, 0) is 11.4 Å². The minimum Gasteiger partial charge on any atom is -0.598 e. The maximum Gasteiger partial charge on any atom is 0.140 e. The number of thioether (sulfide) groups is 1. The minimum absolute atomic E-state index is 0.126. The Morgan fingerprint density at radius 3 is 2.56 bits per heavy atom. The fourth-order valence-corrected chi connectivity index (χ4v) is 4.27. The van der Waals surface area contributed by atoms with Gasteiger partial charge in [0.2, 0.25) is 0 Å². The topological polar surface area (TPSA) is 85.8 Å². The van der Waals surface area contributed by atoms with E-state index in [1.807, 2.05) is 40.0 Å². The first kappa shape index (κ1) is 20.1. The lowest BCUT2D eigenvalue weighted by atomic mass is 9.88. The summed E-state index contributed by atoms with van der Waals surface area (Å²) in [4.78, 5) is 4.84. The number of aromatic nitrogens is 1. The van der Waals surface area contributed by atoms with E-state index in [-0.39, 0.29) is 5.92 Å². The summed E-state index contributed by atoms with van der Waals surface area (Å²) in [5.41, 5.74) is 4.66. The summed E-state index contributed by atoms with van der Waals surface area (Å²) in [5.74, 6) is 0.126. The van der Waals surface area contributed by atoms with Gasteiger partial charge in [0, 0.05) is 23.2 Å². The fourth-order valence-electron chi connectivity index (χ4n) is 3.26. The summed E-state index contributed by atoms with van der Waals surface area (Å²) >= 11 is 0.150. The standard InChI is InChI=1S/C19H25N3OS2/c1-11-7-14(12(2)9-19(4,5)25(21)23)17-15(8-11)16(10-20)13(3)18(22-17)24-6/h7-8,12H,9,21H2,1-6H3. The van der Waals surface area contributed by atoms with E-state index in [1.165, 1.54) is 0 Å². The van der Waals surface area contributed by atoms with Crippen molar-refractivity contribution >= 4 is 34.0 Å². The molecular formula is C19H25N3OS2. The summed E-state index contributed by atoms with van der Waals surface area (Å²) in [5, 5.41) is 17.1. The molecule has 0 radical (unpaired) electrons. The molecule has 0 spiro atoms. The van der Waals surface area contributed by atoms with Gasteiger partial charge < -0.3 is 4.55 Å². The Hall–Kier alpha value is -1.26. The first-order chi connectivity index (χ1) is 11.6. The van der Waals surface area contributed by atoms with Gasteiger partial charge in [-0.2, -0.15) is 10.4 Å². The van der Waals surface area contributed by atoms with Gasteiger partial charge in [-0.25, -0.2) is 4.98 Å². The zero-order chi connectivity index (χ0) is 18.9. The van der Waals surface area contributed by atoms with Crippen LogP contribution in [0.15, 0.2) is 17.2 Å². The average Bonchev–Trinajstić information content (AvgIpc) is 2.53. The molecule has 4 nitrogen and oxygen atoms in total. The van der Waals surface area contributed by atoms with Crippen LogP contribution in [0.25, 0.3) is 10.9 Å². The number of pyridine rings is 1. The van der Waals surface area contributed by atoms with Crippen LogP contribution in [0.4, 0.5) is 0 Å². The molecule has 0 aliphatic carbocycles. The zero-order valence-corrected chi connectivity index (χ0v) is 17.3. The number of aryl methyl sites for hydroxylation is 1. The molecule has 2 aromatic rings. The first-order valence-electron chi connectivity index (χ1n) is 8.17. The Morgan fingerprint density at radius 1 is 1.40 bits per heavy atom. The quantitative estimate of drug-likeness (QED) is 0.620. The molecule has 25 heavy (non-hydrogen) atoms. The Kier molecular flexibility index (Phi) is 6.05. The highest BCUT2D eigenvalue weighted by Gasteiger charge is 2.33. The van der Waals surface area contributed by atoms with Gasteiger partial charge in [0.25, 0.3) is 0 Å². The SMILES string of the molecule is CSc1nc2c(C(C)CC(C)(C)[S+](N)[O-])cc(C)cc2c(C#N)c1C. The highest BCUT2D eigenvalue weighted by molar-refractivity contribution is 7.98. The maximum atomic E-state index is 11.8. The van der Waals surface area contributed by atoms with Gasteiger partial charge in [-0.1, -0.05) is 18.6 Å². The molecule has 0 bridgehead atoms. The average molecular weight is 376 g/mol. The lowest BCUT2D eigenvalue weighted by Gasteiger charge is -2.28. The van der Waals surface area contributed by atoms with Crippen molar-refractivity contribution in [3.05, 3.63) is 34.4 Å². The molecule has 2 atom stereocenters. The number of nitriles is 1. The molecule has 2 rings (SSSR count). The number of rotatable bonds is 5. The van der Waals surface area contributed by atoms with E-state index in [9.17, 15) is 9.81 Å². The third-order valence-electron chi connectivity index (χ3n) is 4.64. The number of nitrogens with zero attached hydrogens (tertiary/aromatic N) is 2. The normalized spacial score (nSPS) is 14.4. The molecule has 0 aliphatic heterocycles. The number of hydrogen-bond donors (Lipinski definition) is 1. The van der Waals surface area contributed by atoms with Crippen molar-refractivity contribution < 1.29 is 4.55 Å². The third-order valence-corrected chi connectivity index (χ3v) is 6.68. The van der Waals surface area contributed by atoms with Crippen molar-refractivity contribution in [3.8, 4) is 6.07 Å². The van der Waals surface area contributed by atoms with E-state index in [4.69, 9.17) is 10.1 Å². The minimum atomic E-state index is -1.40. The van der Waals surface area contributed by atoms with Crippen LogP contribution in [0.5, 0.6) is 0 Å². The van der Waals surface area contributed by atoms with E-state index in [0.717, 1.165) is 32.6 Å². The molecule has 0 saturated heterocycles. The van der Waals surface area contributed by atoms with Crippen LogP contribution in [0, 0.1) is 25.2 Å². The Balaban J connectivity index is 2.70. The predicted octanol–water partition coefficient (Wildman–Crippen LogP) is 4.34. The molecule has 134 valence electrons. The van der Waals surface area contributed by atoms with Crippen molar-refractivity contribution in [2.45, 2.75) is 56.7 Å². The maximum absolute atomic E-state index is 11.8. The van der Waals surface area contributed by atoms with Crippen LogP contribution in [0.2, 0.25) is 0 Å². The van der Waals surface area contributed by atoms with E-state index in [1.54, 1.807) is 11.8 Å². The summed E-state index contributed by atoms with van der Waals surface area (Å²) in [7, 11) is 0. The lowest BCUT2D eigenvalue weighted by molar-refractivity contribution is 0.501. The first-order valence-corrected chi connectivity index (χ1v) is 10.6. The van der Waals surface area contributed by atoms with Crippen molar-refractivity contribution in [3.63, 3.8) is 0 Å². The summed E-state index contributed by atoms with van der Waals surface area (Å²) in [6, 6.07) is 6.50. The molecule has 6 heteroatoms. The van der Waals surface area contributed by atoms with E-state index in [2.05, 4.69) is 19.1 Å². The van der Waals surface area contributed by atoms with Crippen LogP contribution in [-0.4, -0.2) is 20.5 Å². The molecule has 0 amide bonds. The molecule has 2 N–H and O–H groups in total. The van der Waals surface area contributed by atoms with E-state index in [0.29, 0.717) is 12.0 Å². The van der Waals surface area contributed by atoms with Crippen LogP contribution in [0.1, 0.15) is 55.4 Å². The summed E-state index contributed by atoms with van der Waals surface area (Å²) in [6.07, 6.45) is 2.65. The van der Waals surface area contributed by atoms with Crippen LogP contribution in [0.3, 0.4) is 0 Å². The van der Waals surface area contributed by atoms with Gasteiger partial charge in [-0.15, -0.1) is 11.8 Å². The third kappa shape index (κ3) is 3.95. The molecule has 0 saturated carbocycles. The monoisotopic (exact) mass is 375 g/mol. The predicted molar refractivity (Wildman–Crippen MR) is 107 cm³/mol. The fraction of sp³-hybridized carbons (Fsp3) is 0.474. The van der Waals surface area contributed by atoms with Gasteiger partial charge in [0.05, 0.1) is 11.1 Å². The van der Waals surface area contributed by atoms with Gasteiger partial charge in [0.1, 0.15) is 15.8 Å². The highest BCUT2D eigenvalue weighted by Crippen LogP contribution is 2.36. The summed E-state index contributed by atoms with van der Waals surface area (Å²) in [6.45, 7) is 9.92. The van der Waals surface area contributed by atoms with Crippen molar-refractivity contribution in [1.82, 2.24) is 4.98 Å². The van der Waals surface area contributed by atoms with Crippen molar-refractivity contribution in [2.75, 3.05) is 6.26 Å². The Bertz CT molecular complexity index is 841. The number of fused-ring (bicyclic) bond motifs is 1. The smallest absolute Gasteiger partial charge is 0.140 e. The van der Waals surface area contributed by atoms with E-state index < -0.39 is 16.1 Å². The van der Waals surface area contributed by atoms with Crippen molar-refractivity contribution in [1.29, 1.82) is 5.26 Å². The molecule has 2 unspecified atom stereocenters. The Morgan fingerprint density at radius 2 is 2.04 bits per heavy atom. The summed E-state index contributed by atoms with van der Waals surface area (Å²) < 4.78 is 11.3. The van der Waals surface area contributed by atoms with Gasteiger partial charge in [-0.3, -0.25) is 0 Å². The van der Waals surface area contributed by atoms with Gasteiger partial charge in [0.15, 0.2) is 0 Å². The Labute approximate surface area is 157 Å². The second kappa shape index (κ2) is 7.55. The number of nitrogens with two attached hydrogens (primary N) is 1. The molecule has 0 aliphatic rings. The van der Waals surface area contributed by atoms with Crippen LogP contribution >= 0.6 is 11.8 Å². The number of benzene rings is 1. The second-order valence-electron chi connectivity index (χ2n) is 7.15. The van der Waals surface area contributed by atoms with Gasteiger partial charge in [-0.05, 0) is 57.1 Å². The lowest BCUT2D eigenvalue weighted by Crippen LogP contribution is -2.38. The second-order valence-corrected chi connectivity index (χ2v) is 9.64. The largest absolute Gasteiger partial charge is 0.598 e. The molecule has 1 heterocycles. The van der Waals surface area contributed by atoms with Crippen LogP contribution < -0.4 is 5.14 Å². The zero-order valence-electron chi connectivity index (χ0n) is 15.6. The number of hydrogen-bond acceptors (Lipinski definition) is 5. The molecule has 0 fully saturated rings. The molecular weight excluding hydrogens is 350 g/mol. The highest BCUT2D eigenvalue weighted by atomic mass is 32.2. The molecule has 1 aromatic carbocycles.